The van der Waals surface area contributed by atoms with Gasteiger partial charge in [0, 0.05) is 25.0 Å². The van der Waals surface area contributed by atoms with Crippen LogP contribution in [-0.4, -0.2) is 51.1 Å². The standard InChI is InChI=1S/C13H29N3O.2ClH/c1-10(2)7-12(9-16(5)6)15-13(17)11(3)8-14-4;;/h10-12,14H,7-9H2,1-6H3,(H,15,17);2*1H. The zero-order valence-corrected chi connectivity index (χ0v) is 14.7. The Balaban J connectivity index is -0.00000128. The van der Waals surface area contributed by atoms with Crippen LogP contribution in [0.2, 0.25) is 0 Å². The second-order valence-corrected chi connectivity index (χ2v) is 5.56. The molecule has 118 valence electrons. The van der Waals surface area contributed by atoms with E-state index in [2.05, 4.69) is 29.4 Å². The molecule has 2 N–H and O–H groups in total. The molecule has 0 aromatic heterocycles. The fourth-order valence-corrected chi connectivity index (χ4v) is 1.93. The third kappa shape index (κ3) is 12.7. The third-order valence-electron chi connectivity index (χ3n) is 2.65. The van der Waals surface area contributed by atoms with Crippen molar-refractivity contribution in [2.24, 2.45) is 11.8 Å². The molecule has 1 amide bonds. The first-order chi connectivity index (χ1) is 7.86. The molecule has 0 fully saturated rings. The van der Waals surface area contributed by atoms with Gasteiger partial charge < -0.3 is 15.5 Å². The fraction of sp³-hybridized carbons (Fsp3) is 0.923. The number of carbonyl (C=O) groups is 1. The molecule has 6 heteroatoms. The van der Waals surface area contributed by atoms with Crippen LogP contribution in [0.4, 0.5) is 0 Å². The number of hydrogen-bond acceptors (Lipinski definition) is 3. The van der Waals surface area contributed by atoms with Gasteiger partial charge in [0.05, 0.1) is 0 Å². The van der Waals surface area contributed by atoms with Gasteiger partial charge in [-0.05, 0) is 33.5 Å². The average molecular weight is 316 g/mol. The Labute approximate surface area is 130 Å². The predicted molar refractivity (Wildman–Crippen MR) is 87.5 cm³/mol. The minimum Gasteiger partial charge on any atom is -0.352 e. The van der Waals surface area contributed by atoms with Crippen LogP contribution in [0.3, 0.4) is 0 Å². The van der Waals surface area contributed by atoms with Gasteiger partial charge >= 0.3 is 0 Å². The van der Waals surface area contributed by atoms with Crippen LogP contribution in [0.1, 0.15) is 27.2 Å². The molecule has 4 nitrogen and oxygen atoms in total. The summed E-state index contributed by atoms with van der Waals surface area (Å²) in [4.78, 5) is 14.1. The van der Waals surface area contributed by atoms with Crippen molar-refractivity contribution in [1.82, 2.24) is 15.5 Å². The maximum absolute atomic E-state index is 11.9. The maximum Gasteiger partial charge on any atom is 0.224 e. The molecule has 0 aliphatic carbocycles. The zero-order chi connectivity index (χ0) is 13.4. The number of halogens is 2. The molecular weight excluding hydrogens is 285 g/mol. The summed E-state index contributed by atoms with van der Waals surface area (Å²) < 4.78 is 0. The van der Waals surface area contributed by atoms with E-state index in [1.54, 1.807) is 0 Å². The number of amides is 1. The Hall–Kier alpha value is -0.0300. The van der Waals surface area contributed by atoms with Crippen molar-refractivity contribution < 1.29 is 4.79 Å². The van der Waals surface area contributed by atoms with Crippen LogP contribution in [0, 0.1) is 11.8 Å². The number of hydrogen-bond donors (Lipinski definition) is 2. The van der Waals surface area contributed by atoms with Crippen molar-refractivity contribution in [3.63, 3.8) is 0 Å². The summed E-state index contributed by atoms with van der Waals surface area (Å²) in [5, 5.41) is 6.18. The molecule has 0 radical (unpaired) electrons. The summed E-state index contributed by atoms with van der Waals surface area (Å²) in [5.41, 5.74) is 0. The van der Waals surface area contributed by atoms with Crippen LogP contribution in [0.15, 0.2) is 0 Å². The molecule has 0 aromatic carbocycles. The Bertz CT molecular complexity index is 216. The number of nitrogens with one attached hydrogen (secondary N) is 2. The van der Waals surface area contributed by atoms with Gasteiger partial charge in [-0.2, -0.15) is 0 Å². The fourth-order valence-electron chi connectivity index (χ4n) is 1.93. The molecule has 0 bridgehead atoms. The van der Waals surface area contributed by atoms with Crippen molar-refractivity contribution in [1.29, 1.82) is 0 Å². The number of likely N-dealkylation sites (N-methyl/N-ethyl adjacent to an activating group) is 1. The molecule has 0 saturated heterocycles. The van der Waals surface area contributed by atoms with Crippen molar-refractivity contribution in [3.05, 3.63) is 0 Å². The van der Waals surface area contributed by atoms with Gasteiger partial charge in [0.15, 0.2) is 0 Å². The van der Waals surface area contributed by atoms with E-state index in [0.29, 0.717) is 5.92 Å². The van der Waals surface area contributed by atoms with Gasteiger partial charge in [0.2, 0.25) is 5.91 Å². The van der Waals surface area contributed by atoms with E-state index in [-0.39, 0.29) is 42.7 Å². The predicted octanol–water partition coefficient (Wildman–Crippen LogP) is 1.78. The number of carbonyl (C=O) groups excluding carboxylic acids is 1. The highest BCUT2D eigenvalue weighted by Crippen LogP contribution is 2.06. The molecule has 19 heavy (non-hydrogen) atoms. The molecule has 0 aliphatic rings. The molecular formula is C13H31Cl2N3O. The third-order valence-corrected chi connectivity index (χ3v) is 2.65. The summed E-state index contributed by atoms with van der Waals surface area (Å²) in [6.45, 7) is 7.95. The van der Waals surface area contributed by atoms with Crippen LogP contribution >= 0.6 is 24.8 Å². The van der Waals surface area contributed by atoms with Gasteiger partial charge in [-0.3, -0.25) is 4.79 Å². The lowest BCUT2D eigenvalue weighted by atomic mass is 10.0. The first-order valence-corrected chi connectivity index (χ1v) is 6.46. The van der Waals surface area contributed by atoms with Gasteiger partial charge in [0.25, 0.3) is 0 Å². The summed E-state index contributed by atoms with van der Waals surface area (Å²) >= 11 is 0. The van der Waals surface area contributed by atoms with Crippen LogP contribution < -0.4 is 10.6 Å². The summed E-state index contributed by atoms with van der Waals surface area (Å²) in [6.07, 6.45) is 1.02. The second-order valence-electron chi connectivity index (χ2n) is 5.56. The summed E-state index contributed by atoms with van der Waals surface area (Å²) in [7, 11) is 5.95. The van der Waals surface area contributed by atoms with Crippen LogP contribution in [0.5, 0.6) is 0 Å². The SMILES string of the molecule is CNCC(C)C(=O)NC(CC(C)C)CN(C)C.Cl.Cl. The Morgan fingerprint density at radius 2 is 1.68 bits per heavy atom. The van der Waals surface area contributed by atoms with E-state index in [1.807, 2.05) is 28.1 Å². The summed E-state index contributed by atoms with van der Waals surface area (Å²) in [5.74, 6) is 0.767. The van der Waals surface area contributed by atoms with E-state index in [0.717, 1.165) is 19.5 Å². The highest BCUT2D eigenvalue weighted by Gasteiger charge is 2.18. The minimum absolute atomic E-state index is 0. The van der Waals surface area contributed by atoms with Crippen molar-refractivity contribution in [3.8, 4) is 0 Å². The lowest BCUT2D eigenvalue weighted by Gasteiger charge is -2.25. The topological polar surface area (TPSA) is 44.4 Å². The molecule has 0 spiro atoms. The van der Waals surface area contributed by atoms with Crippen molar-refractivity contribution in [2.75, 3.05) is 34.2 Å². The molecule has 0 aliphatic heterocycles. The second kappa shape index (κ2) is 13.0. The van der Waals surface area contributed by atoms with E-state index < -0.39 is 0 Å². The van der Waals surface area contributed by atoms with Crippen molar-refractivity contribution >= 4 is 30.7 Å². The first kappa shape index (κ1) is 24.0. The quantitative estimate of drug-likeness (QED) is 0.717. The van der Waals surface area contributed by atoms with Gasteiger partial charge in [0.1, 0.15) is 0 Å². The maximum atomic E-state index is 11.9. The zero-order valence-electron chi connectivity index (χ0n) is 13.0. The number of rotatable bonds is 8. The van der Waals surface area contributed by atoms with Crippen LogP contribution in [-0.2, 0) is 4.79 Å². The van der Waals surface area contributed by atoms with Gasteiger partial charge in [-0.15, -0.1) is 24.8 Å². The van der Waals surface area contributed by atoms with Crippen molar-refractivity contribution in [2.45, 2.75) is 33.2 Å². The molecule has 0 aromatic rings. The van der Waals surface area contributed by atoms with Gasteiger partial charge in [-0.1, -0.05) is 20.8 Å². The smallest absolute Gasteiger partial charge is 0.224 e. The lowest BCUT2D eigenvalue weighted by Crippen LogP contribution is -2.45. The van der Waals surface area contributed by atoms with Crippen LogP contribution in [0.25, 0.3) is 0 Å². The highest BCUT2D eigenvalue weighted by atomic mass is 35.5. The lowest BCUT2D eigenvalue weighted by molar-refractivity contribution is -0.125. The van der Waals surface area contributed by atoms with E-state index >= 15 is 0 Å². The normalized spacial score (nSPS) is 13.5. The highest BCUT2D eigenvalue weighted by molar-refractivity contribution is 5.85. The van der Waals surface area contributed by atoms with Gasteiger partial charge in [-0.25, -0.2) is 0 Å². The van der Waals surface area contributed by atoms with E-state index in [9.17, 15) is 4.79 Å². The number of nitrogens with zero attached hydrogens (tertiary/aromatic N) is 1. The molecule has 0 rings (SSSR count). The molecule has 2 unspecified atom stereocenters. The largest absolute Gasteiger partial charge is 0.352 e. The Morgan fingerprint density at radius 1 is 1.16 bits per heavy atom. The monoisotopic (exact) mass is 315 g/mol. The summed E-state index contributed by atoms with van der Waals surface area (Å²) in [6, 6.07) is 0.247. The Kier molecular flexibility index (Phi) is 16.4. The Morgan fingerprint density at radius 3 is 2.05 bits per heavy atom. The molecule has 0 saturated carbocycles. The average Bonchev–Trinajstić information content (AvgIpc) is 2.15. The molecule has 2 atom stereocenters. The molecule has 0 heterocycles. The van der Waals surface area contributed by atoms with E-state index in [1.165, 1.54) is 0 Å². The van der Waals surface area contributed by atoms with E-state index in [4.69, 9.17) is 0 Å². The minimum atomic E-state index is 0. The first-order valence-electron chi connectivity index (χ1n) is 6.46.